The first-order valence-electron chi connectivity index (χ1n) is 7.55. The number of amides is 1. The highest BCUT2D eigenvalue weighted by Gasteiger charge is 2.41. The average molecular weight is 422 g/mol. The van der Waals surface area contributed by atoms with Crippen molar-refractivity contribution < 1.29 is 49.8 Å². The first kappa shape index (κ1) is 23.6. The van der Waals surface area contributed by atoms with E-state index in [1.807, 2.05) is 5.32 Å². The van der Waals surface area contributed by atoms with Crippen LogP contribution in [0.4, 0.5) is 40.8 Å². The molecule has 28 heavy (non-hydrogen) atoms. The molecule has 13 heteroatoms. The molecular weight excluding hydrogens is 408 g/mol. The van der Waals surface area contributed by atoms with Gasteiger partial charge in [-0.1, -0.05) is 0 Å². The molecule has 0 saturated carbocycles. The zero-order chi connectivity index (χ0) is 21.8. The second-order valence-electron chi connectivity index (χ2n) is 5.66. The number of alkyl halides is 7. The molecule has 1 aromatic rings. The summed E-state index contributed by atoms with van der Waals surface area (Å²) in [6, 6.07) is 1.82. The maximum atomic E-state index is 14.4. The molecule has 1 aromatic carbocycles. The van der Waals surface area contributed by atoms with Gasteiger partial charge in [-0.05, 0) is 31.3 Å². The number of aliphatic carboxylic acids is 1. The van der Waals surface area contributed by atoms with Crippen molar-refractivity contribution in [2.24, 2.45) is 0 Å². The molecule has 1 aliphatic rings. The lowest BCUT2D eigenvalue weighted by Crippen LogP contribution is -2.47. The molecule has 1 amide bonds. The van der Waals surface area contributed by atoms with Gasteiger partial charge in [0.1, 0.15) is 5.82 Å². The summed E-state index contributed by atoms with van der Waals surface area (Å²) in [5.74, 6) is -4.98. The Morgan fingerprint density at radius 1 is 1.07 bits per heavy atom. The van der Waals surface area contributed by atoms with E-state index in [1.165, 1.54) is 0 Å². The van der Waals surface area contributed by atoms with Gasteiger partial charge in [0.15, 0.2) is 5.67 Å². The van der Waals surface area contributed by atoms with Gasteiger partial charge < -0.3 is 15.7 Å². The smallest absolute Gasteiger partial charge is 0.475 e. The van der Waals surface area contributed by atoms with Gasteiger partial charge in [0, 0.05) is 12.8 Å². The predicted octanol–water partition coefficient (Wildman–Crippen LogP) is 3.51. The summed E-state index contributed by atoms with van der Waals surface area (Å²) in [4.78, 5) is 20.8. The minimum absolute atomic E-state index is 0.124. The number of halogens is 8. The van der Waals surface area contributed by atoms with Crippen LogP contribution in [-0.4, -0.2) is 41.9 Å². The van der Waals surface area contributed by atoms with Gasteiger partial charge >= 0.3 is 18.3 Å². The fourth-order valence-corrected chi connectivity index (χ4v) is 2.14. The minimum Gasteiger partial charge on any atom is -0.475 e. The summed E-state index contributed by atoms with van der Waals surface area (Å²) in [5, 5.41) is 11.9. The predicted molar refractivity (Wildman–Crippen MR) is 79.7 cm³/mol. The first-order chi connectivity index (χ1) is 12.7. The molecule has 3 N–H and O–H groups in total. The second-order valence-corrected chi connectivity index (χ2v) is 5.66. The summed E-state index contributed by atoms with van der Waals surface area (Å²) in [7, 11) is 0. The maximum absolute atomic E-state index is 14.4. The molecule has 1 fully saturated rings. The Bertz CT molecular complexity index is 712. The molecule has 0 atom stereocenters. The Hall–Kier alpha value is -2.44. The fourth-order valence-electron chi connectivity index (χ4n) is 2.14. The molecular formula is C15H14F8N2O3. The van der Waals surface area contributed by atoms with E-state index in [-0.39, 0.29) is 32.0 Å². The van der Waals surface area contributed by atoms with E-state index in [4.69, 9.17) is 9.90 Å². The largest absolute Gasteiger partial charge is 0.490 e. The average Bonchev–Trinajstić information content (AvgIpc) is 2.56. The normalized spacial score (nSPS) is 16.6. The number of carboxylic acids is 1. The van der Waals surface area contributed by atoms with Crippen LogP contribution in [0.1, 0.15) is 18.4 Å². The van der Waals surface area contributed by atoms with Crippen LogP contribution in [-0.2, 0) is 15.8 Å². The van der Waals surface area contributed by atoms with E-state index >= 15 is 0 Å². The Morgan fingerprint density at radius 3 is 2.00 bits per heavy atom. The first-order valence-corrected chi connectivity index (χ1v) is 7.55. The number of hydrogen-bond acceptors (Lipinski definition) is 3. The number of piperidine rings is 1. The molecule has 1 aliphatic heterocycles. The topological polar surface area (TPSA) is 78.4 Å². The second kappa shape index (κ2) is 8.71. The Kier molecular flexibility index (Phi) is 7.34. The van der Waals surface area contributed by atoms with Crippen LogP contribution in [0, 0.1) is 5.82 Å². The molecule has 0 spiro atoms. The molecule has 0 unspecified atom stereocenters. The summed E-state index contributed by atoms with van der Waals surface area (Å²) in [5.41, 5.74) is -4.21. The van der Waals surface area contributed by atoms with Gasteiger partial charge in [-0.15, -0.1) is 0 Å². The number of carbonyl (C=O) groups excluding carboxylic acids is 1. The van der Waals surface area contributed by atoms with Crippen LogP contribution >= 0.6 is 0 Å². The van der Waals surface area contributed by atoms with Crippen molar-refractivity contribution in [2.75, 3.05) is 18.4 Å². The zero-order valence-electron chi connectivity index (χ0n) is 13.8. The molecule has 0 radical (unpaired) electrons. The highest BCUT2D eigenvalue weighted by Crippen LogP contribution is 2.36. The molecule has 0 aromatic heterocycles. The van der Waals surface area contributed by atoms with Crippen molar-refractivity contribution in [3.63, 3.8) is 0 Å². The maximum Gasteiger partial charge on any atom is 0.490 e. The number of anilines is 1. The number of rotatable bonds is 2. The summed E-state index contributed by atoms with van der Waals surface area (Å²) >= 11 is 0. The highest BCUT2D eigenvalue weighted by atomic mass is 19.4. The number of carbonyl (C=O) groups is 2. The molecule has 5 nitrogen and oxygen atoms in total. The standard InChI is InChI=1S/C13H13F5N2O.C2HF3O2/c14-8-1-2-10(9(7-8)13(16,17)18)20-11(21)12(15)3-5-19-6-4-12;3-2(4,5)1(6)7/h1-2,7,19H,3-6H2,(H,20,21);(H,6,7). The minimum atomic E-state index is -5.08. The van der Waals surface area contributed by atoms with Crippen molar-refractivity contribution in [1.29, 1.82) is 0 Å². The van der Waals surface area contributed by atoms with E-state index in [0.29, 0.717) is 0 Å². The fraction of sp³-hybridized carbons (Fsp3) is 0.467. The van der Waals surface area contributed by atoms with Gasteiger partial charge in [-0.2, -0.15) is 26.3 Å². The summed E-state index contributed by atoms with van der Waals surface area (Å²) in [6.07, 6.45) is -10.2. The zero-order valence-corrected chi connectivity index (χ0v) is 13.8. The number of nitrogens with one attached hydrogen (secondary N) is 2. The molecule has 0 aliphatic carbocycles. The third kappa shape index (κ3) is 6.62. The van der Waals surface area contributed by atoms with Crippen LogP contribution in [0.5, 0.6) is 0 Å². The Morgan fingerprint density at radius 2 is 1.57 bits per heavy atom. The van der Waals surface area contributed by atoms with Gasteiger partial charge in [0.2, 0.25) is 0 Å². The number of hydrogen-bond donors (Lipinski definition) is 3. The van der Waals surface area contributed by atoms with E-state index in [9.17, 15) is 39.9 Å². The van der Waals surface area contributed by atoms with Crippen molar-refractivity contribution in [2.45, 2.75) is 30.9 Å². The number of carboxylic acid groups (broad SMARTS) is 1. The van der Waals surface area contributed by atoms with Crippen molar-refractivity contribution >= 4 is 17.6 Å². The molecule has 1 saturated heterocycles. The third-order valence-electron chi connectivity index (χ3n) is 3.58. The summed E-state index contributed by atoms with van der Waals surface area (Å²) < 4.78 is 97.4. The monoisotopic (exact) mass is 422 g/mol. The highest BCUT2D eigenvalue weighted by molar-refractivity contribution is 5.98. The van der Waals surface area contributed by atoms with E-state index in [0.717, 1.165) is 12.1 Å². The van der Waals surface area contributed by atoms with Crippen LogP contribution in [0.25, 0.3) is 0 Å². The molecule has 1 heterocycles. The van der Waals surface area contributed by atoms with Crippen LogP contribution in [0.3, 0.4) is 0 Å². The van der Waals surface area contributed by atoms with Gasteiger partial charge in [0.25, 0.3) is 5.91 Å². The molecule has 158 valence electrons. The van der Waals surface area contributed by atoms with Crippen LogP contribution in [0.2, 0.25) is 0 Å². The Labute approximate surface area is 152 Å². The van der Waals surface area contributed by atoms with Gasteiger partial charge in [-0.25, -0.2) is 13.6 Å². The third-order valence-corrected chi connectivity index (χ3v) is 3.58. The molecule has 2 rings (SSSR count). The van der Waals surface area contributed by atoms with Crippen molar-refractivity contribution in [1.82, 2.24) is 5.32 Å². The SMILES string of the molecule is O=C(Nc1ccc(F)cc1C(F)(F)F)C1(F)CCNCC1.O=C(O)C(F)(F)F. The van der Waals surface area contributed by atoms with Crippen molar-refractivity contribution in [3.8, 4) is 0 Å². The van der Waals surface area contributed by atoms with Crippen molar-refractivity contribution in [3.05, 3.63) is 29.6 Å². The van der Waals surface area contributed by atoms with E-state index < -0.39 is 47.0 Å². The van der Waals surface area contributed by atoms with E-state index in [1.54, 1.807) is 0 Å². The lowest BCUT2D eigenvalue weighted by Gasteiger charge is -2.29. The lowest BCUT2D eigenvalue weighted by atomic mass is 9.93. The Balaban J connectivity index is 0.000000480. The molecule has 0 bridgehead atoms. The van der Waals surface area contributed by atoms with Crippen LogP contribution in [0.15, 0.2) is 18.2 Å². The lowest BCUT2D eigenvalue weighted by molar-refractivity contribution is -0.192. The quantitative estimate of drug-likeness (QED) is 0.638. The van der Waals surface area contributed by atoms with Crippen LogP contribution < -0.4 is 10.6 Å². The number of benzene rings is 1. The van der Waals surface area contributed by atoms with E-state index in [2.05, 4.69) is 5.32 Å². The van der Waals surface area contributed by atoms with Gasteiger partial charge in [-0.3, -0.25) is 4.79 Å². The summed E-state index contributed by atoms with van der Waals surface area (Å²) in [6.45, 7) is 0.527. The van der Waals surface area contributed by atoms with Gasteiger partial charge in [0.05, 0.1) is 11.3 Å².